The molecule has 1 N–H and O–H groups in total. The van der Waals surface area contributed by atoms with Crippen LogP contribution in [0.3, 0.4) is 0 Å². The number of ether oxygens (including phenoxy) is 1. The van der Waals surface area contributed by atoms with Crippen LogP contribution in [0.15, 0.2) is 0 Å². The Balaban J connectivity index is 3.44. The Morgan fingerprint density at radius 2 is 2.00 bits per heavy atom. The van der Waals surface area contributed by atoms with E-state index in [1.165, 1.54) is 0 Å². The van der Waals surface area contributed by atoms with Gasteiger partial charge in [0.2, 0.25) is 0 Å². The molecule has 0 fully saturated rings. The summed E-state index contributed by atoms with van der Waals surface area (Å²) in [6, 6.07) is 0. The molecule has 0 unspecified atom stereocenters. The molecular formula is C8H19NO2. The van der Waals surface area contributed by atoms with E-state index in [4.69, 9.17) is 4.74 Å². The number of rotatable bonds is 5. The van der Waals surface area contributed by atoms with Crippen molar-refractivity contribution < 1.29 is 9.84 Å². The van der Waals surface area contributed by atoms with Gasteiger partial charge in [-0.05, 0) is 20.9 Å². The maximum Gasteiger partial charge on any atom is 0.0718 e. The molecule has 0 rings (SSSR count). The molecule has 0 aromatic rings. The zero-order valence-electron chi connectivity index (χ0n) is 7.92. The second kappa shape index (κ2) is 4.70. The molecule has 0 heterocycles. The normalized spacial score (nSPS) is 12.5. The van der Waals surface area contributed by atoms with Gasteiger partial charge in [-0.15, -0.1) is 0 Å². The van der Waals surface area contributed by atoms with Gasteiger partial charge in [0.15, 0.2) is 0 Å². The first kappa shape index (κ1) is 10.9. The van der Waals surface area contributed by atoms with Gasteiger partial charge in [-0.3, -0.25) is 0 Å². The summed E-state index contributed by atoms with van der Waals surface area (Å²) < 4.78 is 4.90. The summed E-state index contributed by atoms with van der Waals surface area (Å²) >= 11 is 0. The molecule has 3 heteroatoms. The number of hydrogen-bond donors (Lipinski definition) is 1. The van der Waals surface area contributed by atoms with Crippen LogP contribution in [0.25, 0.3) is 0 Å². The topological polar surface area (TPSA) is 32.7 Å². The molecule has 0 radical (unpaired) electrons. The third kappa shape index (κ3) is 7.78. The number of hydrogen-bond acceptors (Lipinski definition) is 3. The van der Waals surface area contributed by atoms with Crippen molar-refractivity contribution in [3.63, 3.8) is 0 Å². The van der Waals surface area contributed by atoms with Crippen LogP contribution < -0.4 is 0 Å². The van der Waals surface area contributed by atoms with Gasteiger partial charge in [0.1, 0.15) is 0 Å². The molecule has 0 aliphatic carbocycles. The molecule has 11 heavy (non-hydrogen) atoms. The zero-order valence-corrected chi connectivity index (χ0v) is 7.92. The smallest absolute Gasteiger partial charge is 0.0718 e. The lowest BCUT2D eigenvalue weighted by molar-refractivity contribution is 0.0370. The monoisotopic (exact) mass is 161 g/mol. The molecule has 0 aromatic heterocycles. The van der Waals surface area contributed by atoms with Gasteiger partial charge in [-0.1, -0.05) is 0 Å². The highest BCUT2D eigenvalue weighted by Gasteiger charge is 2.14. The van der Waals surface area contributed by atoms with Crippen molar-refractivity contribution in [2.24, 2.45) is 0 Å². The maximum absolute atomic E-state index is 9.40. The third-order valence-corrected chi connectivity index (χ3v) is 1.33. The Morgan fingerprint density at radius 3 is 2.36 bits per heavy atom. The van der Waals surface area contributed by atoms with E-state index >= 15 is 0 Å². The van der Waals surface area contributed by atoms with Gasteiger partial charge >= 0.3 is 0 Å². The maximum atomic E-state index is 9.40. The van der Waals surface area contributed by atoms with Crippen LogP contribution in [0.4, 0.5) is 0 Å². The Morgan fingerprint density at radius 1 is 1.45 bits per heavy atom. The van der Waals surface area contributed by atoms with Crippen LogP contribution in [-0.4, -0.2) is 49.5 Å². The van der Waals surface area contributed by atoms with Crippen LogP contribution in [0, 0.1) is 0 Å². The SMILES string of the molecule is COCCN(C)CC(C)(C)O. The summed E-state index contributed by atoms with van der Waals surface area (Å²) in [6.07, 6.45) is 0. The van der Waals surface area contributed by atoms with Crippen molar-refractivity contribution in [1.82, 2.24) is 4.90 Å². The summed E-state index contributed by atoms with van der Waals surface area (Å²) in [5.41, 5.74) is -0.609. The van der Waals surface area contributed by atoms with Crippen LogP contribution in [0.5, 0.6) is 0 Å². The standard InChI is InChI=1S/C8H19NO2/c1-8(2,10)7-9(3)5-6-11-4/h10H,5-7H2,1-4H3. The predicted octanol–water partition coefficient (Wildman–Crippen LogP) is 0.336. The van der Waals surface area contributed by atoms with Crippen LogP contribution >= 0.6 is 0 Å². The summed E-state index contributed by atoms with van der Waals surface area (Å²) in [5.74, 6) is 0. The van der Waals surface area contributed by atoms with Crippen molar-refractivity contribution in [2.45, 2.75) is 19.4 Å². The minimum atomic E-state index is -0.609. The van der Waals surface area contributed by atoms with Gasteiger partial charge in [0, 0.05) is 20.2 Å². The molecule has 0 saturated carbocycles. The molecule has 0 spiro atoms. The van der Waals surface area contributed by atoms with Gasteiger partial charge in [0.05, 0.1) is 12.2 Å². The van der Waals surface area contributed by atoms with Crippen molar-refractivity contribution >= 4 is 0 Å². The minimum absolute atomic E-state index is 0.609. The number of aliphatic hydroxyl groups is 1. The lowest BCUT2D eigenvalue weighted by Crippen LogP contribution is -2.37. The summed E-state index contributed by atoms with van der Waals surface area (Å²) in [7, 11) is 3.65. The first-order valence-electron chi connectivity index (χ1n) is 3.85. The molecule has 0 aliphatic heterocycles. The fourth-order valence-electron chi connectivity index (χ4n) is 0.987. The van der Waals surface area contributed by atoms with Gasteiger partial charge in [-0.25, -0.2) is 0 Å². The van der Waals surface area contributed by atoms with E-state index in [9.17, 15) is 5.11 Å². The average Bonchev–Trinajstić information content (AvgIpc) is 1.79. The van der Waals surface area contributed by atoms with Crippen molar-refractivity contribution in [2.75, 3.05) is 33.9 Å². The van der Waals surface area contributed by atoms with E-state index in [1.54, 1.807) is 21.0 Å². The summed E-state index contributed by atoms with van der Waals surface area (Å²) in [6.45, 7) is 5.86. The van der Waals surface area contributed by atoms with Gasteiger partial charge < -0.3 is 14.7 Å². The fourth-order valence-corrected chi connectivity index (χ4v) is 0.987. The highest BCUT2D eigenvalue weighted by molar-refractivity contribution is 4.69. The molecule has 0 amide bonds. The van der Waals surface area contributed by atoms with Crippen LogP contribution in [0.1, 0.15) is 13.8 Å². The Labute approximate surface area is 69.0 Å². The highest BCUT2D eigenvalue weighted by Crippen LogP contribution is 2.02. The minimum Gasteiger partial charge on any atom is -0.389 e. The predicted molar refractivity (Wildman–Crippen MR) is 45.7 cm³/mol. The first-order valence-corrected chi connectivity index (χ1v) is 3.85. The van der Waals surface area contributed by atoms with E-state index < -0.39 is 5.60 Å². The van der Waals surface area contributed by atoms with Crippen LogP contribution in [0.2, 0.25) is 0 Å². The van der Waals surface area contributed by atoms with Crippen molar-refractivity contribution in [3.05, 3.63) is 0 Å². The average molecular weight is 161 g/mol. The number of likely N-dealkylation sites (N-methyl/N-ethyl adjacent to an activating group) is 1. The third-order valence-electron chi connectivity index (χ3n) is 1.33. The molecule has 0 saturated heterocycles. The molecule has 0 aromatic carbocycles. The molecule has 0 bridgehead atoms. The second-order valence-electron chi connectivity index (χ2n) is 3.54. The van der Waals surface area contributed by atoms with Crippen molar-refractivity contribution in [3.8, 4) is 0 Å². The first-order chi connectivity index (χ1) is 4.95. The van der Waals surface area contributed by atoms with E-state index in [0.29, 0.717) is 13.2 Å². The molecule has 0 atom stereocenters. The number of nitrogens with zero attached hydrogens (tertiary/aromatic N) is 1. The van der Waals surface area contributed by atoms with E-state index in [1.807, 2.05) is 11.9 Å². The second-order valence-corrected chi connectivity index (χ2v) is 3.54. The largest absolute Gasteiger partial charge is 0.389 e. The van der Waals surface area contributed by atoms with E-state index in [0.717, 1.165) is 6.54 Å². The van der Waals surface area contributed by atoms with Crippen molar-refractivity contribution in [1.29, 1.82) is 0 Å². The molecule has 68 valence electrons. The lowest BCUT2D eigenvalue weighted by Gasteiger charge is -2.24. The molecular weight excluding hydrogens is 142 g/mol. The highest BCUT2D eigenvalue weighted by atomic mass is 16.5. The zero-order chi connectivity index (χ0) is 8.91. The fraction of sp³-hybridized carbons (Fsp3) is 1.00. The lowest BCUT2D eigenvalue weighted by atomic mass is 10.1. The van der Waals surface area contributed by atoms with Crippen LogP contribution in [-0.2, 0) is 4.74 Å². The quantitative estimate of drug-likeness (QED) is 0.631. The Bertz CT molecular complexity index is 98.8. The molecule has 0 aliphatic rings. The summed E-state index contributed by atoms with van der Waals surface area (Å²) in [4.78, 5) is 2.05. The summed E-state index contributed by atoms with van der Waals surface area (Å²) in [5, 5.41) is 9.40. The van der Waals surface area contributed by atoms with Gasteiger partial charge in [0.25, 0.3) is 0 Å². The number of methoxy groups -OCH3 is 1. The Hall–Kier alpha value is -0.120. The molecule has 3 nitrogen and oxygen atoms in total. The van der Waals surface area contributed by atoms with E-state index in [2.05, 4.69) is 0 Å². The van der Waals surface area contributed by atoms with E-state index in [-0.39, 0.29) is 0 Å². The van der Waals surface area contributed by atoms with Gasteiger partial charge in [-0.2, -0.15) is 0 Å². The Kier molecular flexibility index (Phi) is 4.65.